The highest BCUT2D eigenvalue weighted by Crippen LogP contribution is 2.32. The van der Waals surface area contributed by atoms with E-state index in [0.29, 0.717) is 0 Å². The predicted molar refractivity (Wildman–Crippen MR) is 103 cm³/mol. The lowest BCUT2D eigenvalue weighted by Crippen LogP contribution is -2.44. The van der Waals surface area contributed by atoms with Gasteiger partial charge in [-0.25, -0.2) is 0 Å². The summed E-state index contributed by atoms with van der Waals surface area (Å²) in [4.78, 5) is 16.0. The number of nitrogen functional groups attached to an aromatic ring is 1. The maximum Gasteiger partial charge on any atom is 0.246 e. The number of thioether (sulfide) groups is 1. The van der Waals surface area contributed by atoms with Gasteiger partial charge in [0, 0.05) is 28.5 Å². The van der Waals surface area contributed by atoms with Crippen LogP contribution in [-0.4, -0.2) is 24.7 Å². The smallest absolute Gasteiger partial charge is 0.246 e. The van der Waals surface area contributed by atoms with Crippen molar-refractivity contribution in [3.8, 4) is 0 Å². The van der Waals surface area contributed by atoms with E-state index in [-0.39, 0.29) is 11.9 Å². The number of rotatable bonds is 4. The molecule has 3 rings (SSSR count). The number of hydrogen-bond donors (Lipinski definition) is 2. The van der Waals surface area contributed by atoms with Crippen molar-refractivity contribution in [3.05, 3.63) is 48.0 Å². The number of amides is 1. The van der Waals surface area contributed by atoms with Crippen LogP contribution in [0.5, 0.6) is 0 Å². The average molecular weight is 341 g/mol. The number of fused-ring (bicyclic) bond motifs is 1. The van der Waals surface area contributed by atoms with Crippen LogP contribution in [0.25, 0.3) is 0 Å². The Bertz CT molecular complexity index is 747. The third kappa shape index (κ3) is 3.36. The molecule has 24 heavy (non-hydrogen) atoms. The molecule has 0 radical (unpaired) electrons. The number of nitrogens with two attached hydrogens (primary N) is 1. The molecule has 1 amide bonds. The van der Waals surface area contributed by atoms with Crippen molar-refractivity contribution in [2.24, 2.45) is 0 Å². The number of nitrogens with zero attached hydrogens (tertiary/aromatic N) is 1. The number of benzene rings is 2. The van der Waals surface area contributed by atoms with Gasteiger partial charge >= 0.3 is 0 Å². The quantitative estimate of drug-likeness (QED) is 0.656. The minimum atomic E-state index is -0.246. The monoisotopic (exact) mass is 341 g/mol. The Kier molecular flexibility index (Phi) is 5.00. The van der Waals surface area contributed by atoms with Gasteiger partial charge in [0.2, 0.25) is 5.91 Å². The summed E-state index contributed by atoms with van der Waals surface area (Å²) in [5.41, 5.74) is 10.0. The molecule has 1 atom stereocenters. The maximum absolute atomic E-state index is 12.7. The van der Waals surface area contributed by atoms with Crippen LogP contribution in [0.15, 0.2) is 47.4 Å². The molecule has 2 aromatic carbocycles. The molecular formula is C19H23N3OS. The second kappa shape index (κ2) is 7.18. The van der Waals surface area contributed by atoms with Gasteiger partial charge in [0.25, 0.3) is 0 Å². The molecule has 126 valence electrons. The fraction of sp³-hybridized carbons (Fsp3) is 0.316. The summed E-state index contributed by atoms with van der Waals surface area (Å²) in [6.07, 6.45) is 4.02. The molecule has 0 saturated carbocycles. The lowest BCUT2D eigenvalue weighted by molar-refractivity contribution is -0.117. The van der Waals surface area contributed by atoms with Crippen LogP contribution >= 0.6 is 11.8 Å². The van der Waals surface area contributed by atoms with Crippen molar-refractivity contribution in [3.63, 3.8) is 0 Å². The van der Waals surface area contributed by atoms with Crippen LogP contribution in [0.4, 0.5) is 17.1 Å². The molecule has 0 aromatic heterocycles. The van der Waals surface area contributed by atoms with Gasteiger partial charge in [0.05, 0.1) is 0 Å². The van der Waals surface area contributed by atoms with Crippen LogP contribution < -0.4 is 16.0 Å². The van der Waals surface area contributed by atoms with Gasteiger partial charge in [-0.05, 0) is 61.9 Å². The van der Waals surface area contributed by atoms with E-state index < -0.39 is 0 Å². The summed E-state index contributed by atoms with van der Waals surface area (Å²) in [5, 5.41) is 3.03. The zero-order valence-electron chi connectivity index (χ0n) is 14.1. The molecule has 1 aliphatic heterocycles. The van der Waals surface area contributed by atoms with Crippen LogP contribution in [0.2, 0.25) is 0 Å². The molecule has 1 aliphatic rings. The number of carbonyl (C=O) groups excluding carboxylic acids is 1. The lowest BCUT2D eigenvalue weighted by Gasteiger charge is -2.36. The van der Waals surface area contributed by atoms with Crippen LogP contribution in [0.1, 0.15) is 18.9 Å². The van der Waals surface area contributed by atoms with Crippen LogP contribution in [0.3, 0.4) is 0 Å². The molecule has 3 N–H and O–H groups in total. The number of carbonyl (C=O) groups is 1. The normalized spacial score (nSPS) is 14.8. The second-order valence-electron chi connectivity index (χ2n) is 6.04. The molecule has 2 aromatic rings. The van der Waals surface area contributed by atoms with Gasteiger partial charge in [0.15, 0.2) is 0 Å². The van der Waals surface area contributed by atoms with E-state index in [1.54, 1.807) is 11.8 Å². The topological polar surface area (TPSA) is 58.4 Å². The van der Waals surface area contributed by atoms with Crippen molar-refractivity contribution in [1.29, 1.82) is 0 Å². The molecule has 5 heteroatoms. The van der Waals surface area contributed by atoms with Crippen molar-refractivity contribution in [1.82, 2.24) is 0 Å². The summed E-state index contributed by atoms with van der Waals surface area (Å²) >= 11 is 1.66. The zero-order chi connectivity index (χ0) is 17.1. The molecule has 0 bridgehead atoms. The highest BCUT2D eigenvalue weighted by molar-refractivity contribution is 7.98. The van der Waals surface area contributed by atoms with Crippen LogP contribution in [0, 0.1) is 0 Å². The zero-order valence-corrected chi connectivity index (χ0v) is 14.9. The van der Waals surface area contributed by atoms with Crippen molar-refractivity contribution in [2.75, 3.05) is 28.8 Å². The molecular weight excluding hydrogens is 318 g/mol. The Morgan fingerprint density at radius 2 is 2.08 bits per heavy atom. The van der Waals surface area contributed by atoms with E-state index in [2.05, 4.69) is 16.3 Å². The summed E-state index contributed by atoms with van der Waals surface area (Å²) < 4.78 is 0. The Balaban J connectivity index is 1.78. The largest absolute Gasteiger partial charge is 0.398 e. The van der Waals surface area contributed by atoms with Gasteiger partial charge in [-0.3, -0.25) is 4.79 Å². The third-order valence-electron chi connectivity index (χ3n) is 4.51. The first-order valence-corrected chi connectivity index (χ1v) is 9.41. The minimum Gasteiger partial charge on any atom is -0.398 e. The number of anilines is 3. The Labute approximate surface area is 147 Å². The molecule has 0 saturated heterocycles. The Morgan fingerprint density at radius 3 is 2.88 bits per heavy atom. The maximum atomic E-state index is 12.7. The van der Waals surface area contributed by atoms with Gasteiger partial charge in [-0.1, -0.05) is 12.1 Å². The highest BCUT2D eigenvalue weighted by atomic mass is 32.2. The fourth-order valence-electron chi connectivity index (χ4n) is 3.17. The van der Waals surface area contributed by atoms with Crippen molar-refractivity contribution < 1.29 is 4.79 Å². The van der Waals surface area contributed by atoms with E-state index in [0.717, 1.165) is 46.9 Å². The van der Waals surface area contributed by atoms with Gasteiger partial charge in [-0.2, -0.15) is 0 Å². The lowest BCUT2D eigenvalue weighted by atomic mass is 9.98. The standard InChI is InChI=1S/C19H23N3OS/c1-13(19(23)21-14-6-3-7-15(12-14)24-2)22-11-5-8-16-17(20)9-4-10-18(16)22/h3-4,6-7,9-10,12-13H,5,8,11,20H2,1-2H3,(H,21,23). The fourth-order valence-corrected chi connectivity index (χ4v) is 3.63. The van der Waals surface area contributed by atoms with E-state index in [1.165, 1.54) is 0 Å². The van der Waals surface area contributed by atoms with Crippen LogP contribution in [-0.2, 0) is 11.2 Å². The Hall–Kier alpha value is -2.14. The van der Waals surface area contributed by atoms with E-state index in [1.807, 2.05) is 49.6 Å². The van der Waals surface area contributed by atoms with Crippen molar-refractivity contribution in [2.45, 2.75) is 30.7 Å². The summed E-state index contributed by atoms with van der Waals surface area (Å²) in [5.74, 6) is 0.00327. The SMILES string of the molecule is CSc1cccc(NC(=O)C(C)N2CCCc3c(N)cccc32)c1. The molecule has 1 heterocycles. The predicted octanol–water partition coefficient (Wildman–Crippen LogP) is 3.77. The second-order valence-corrected chi connectivity index (χ2v) is 6.92. The minimum absolute atomic E-state index is 0.00327. The summed E-state index contributed by atoms with van der Waals surface area (Å²) in [7, 11) is 0. The first-order valence-electron chi connectivity index (χ1n) is 8.19. The molecule has 1 unspecified atom stereocenters. The van der Waals surface area contributed by atoms with E-state index in [4.69, 9.17) is 5.73 Å². The van der Waals surface area contributed by atoms with Crippen molar-refractivity contribution >= 4 is 34.7 Å². The van der Waals surface area contributed by atoms with E-state index >= 15 is 0 Å². The molecule has 0 aliphatic carbocycles. The summed E-state index contributed by atoms with van der Waals surface area (Å²) in [6, 6.07) is 13.6. The Morgan fingerprint density at radius 1 is 1.29 bits per heavy atom. The number of nitrogens with one attached hydrogen (secondary N) is 1. The van der Waals surface area contributed by atoms with Gasteiger partial charge in [0.1, 0.15) is 6.04 Å². The molecule has 0 fully saturated rings. The van der Waals surface area contributed by atoms with E-state index in [9.17, 15) is 4.79 Å². The highest BCUT2D eigenvalue weighted by Gasteiger charge is 2.26. The summed E-state index contributed by atoms with van der Waals surface area (Å²) in [6.45, 7) is 2.82. The third-order valence-corrected chi connectivity index (χ3v) is 5.23. The first-order chi connectivity index (χ1) is 11.6. The average Bonchev–Trinajstić information content (AvgIpc) is 2.61. The molecule has 4 nitrogen and oxygen atoms in total. The molecule has 0 spiro atoms. The number of hydrogen-bond acceptors (Lipinski definition) is 4. The first kappa shape index (κ1) is 16.7. The van der Waals surface area contributed by atoms with Gasteiger partial charge in [-0.15, -0.1) is 11.8 Å². The van der Waals surface area contributed by atoms with Gasteiger partial charge < -0.3 is 16.0 Å².